The fraction of sp³-hybridized carbons (Fsp3) is 0.571. The molecule has 20 heavy (non-hydrogen) atoms. The highest BCUT2D eigenvalue weighted by Crippen LogP contribution is 2.14. The van der Waals surface area contributed by atoms with Crippen LogP contribution in [0.1, 0.15) is 13.8 Å². The lowest BCUT2D eigenvalue weighted by Crippen LogP contribution is -2.48. The standard InChI is InChI=1S/C14H22N4O2/c1-3-18(4-2)13-6-5-11(9-16-13)17-14(19)12-10-20-8-7-15-12/h5-6,9,12,15H,3-4,7-8,10H2,1-2H3,(H,17,19). The van der Waals surface area contributed by atoms with Gasteiger partial charge in [0, 0.05) is 19.6 Å². The summed E-state index contributed by atoms with van der Waals surface area (Å²) in [4.78, 5) is 18.5. The number of rotatable bonds is 5. The van der Waals surface area contributed by atoms with Crippen LogP contribution in [0, 0.1) is 0 Å². The molecule has 2 heterocycles. The molecule has 0 aliphatic carbocycles. The second-order valence-electron chi connectivity index (χ2n) is 4.65. The Morgan fingerprint density at radius 2 is 2.30 bits per heavy atom. The van der Waals surface area contributed by atoms with Gasteiger partial charge in [0.2, 0.25) is 5.91 Å². The lowest BCUT2D eigenvalue weighted by atomic mass is 10.2. The van der Waals surface area contributed by atoms with Crippen LogP contribution < -0.4 is 15.5 Å². The van der Waals surface area contributed by atoms with Gasteiger partial charge in [-0.05, 0) is 26.0 Å². The van der Waals surface area contributed by atoms with Gasteiger partial charge in [-0.15, -0.1) is 0 Å². The van der Waals surface area contributed by atoms with E-state index in [1.165, 1.54) is 0 Å². The van der Waals surface area contributed by atoms with Gasteiger partial charge in [-0.3, -0.25) is 4.79 Å². The van der Waals surface area contributed by atoms with Crippen LogP contribution >= 0.6 is 0 Å². The van der Waals surface area contributed by atoms with Crippen molar-refractivity contribution in [3.8, 4) is 0 Å². The van der Waals surface area contributed by atoms with Gasteiger partial charge < -0.3 is 20.3 Å². The zero-order valence-electron chi connectivity index (χ0n) is 12.1. The summed E-state index contributed by atoms with van der Waals surface area (Å²) in [6.07, 6.45) is 1.69. The normalized spacial score (nSPS) is 18.6. The van der Waals surface area contributed by atoms with Gasteiger partial charge in [-0.2, -0.15) is 0 Å². The zero-order chi connectivity index (χ0) is 14.4. The third-order valence-corrected chi connectivity index (χ3v) is 3.34. The van der Waals surface area contributed by atoms with Crippen molar-refractivity contribution in [1.82, 2.24) is 10.3 Å². The Kier molecular flexibility index (Phi) is 5.31. The number of nitrogens with zero attached hydrogens (tertiary/aromatic N) is 2. The first-order valence-electron chi connectivity index (χ1n) is 7.07. The average Bonchev–Trinajstić information content (AvgIpc) is 2.51. The molecule has 0 spiro atoms. The number of hydrogen-bond acceptors (Lipinski definition) is 5. The summed E-state index contributed by atoms with van der Waals surface area (Å²) in [5, 5.41) is 5.97. The Hall–Kier alpha value is -1.66. The quantitative estimate of drug-likeness (QED) is 0.836. The predicted molar refractivity (Wildman–Crippen MR) is 79.0 cm³/mol. The monoisotopic (exact) mass is 278 g/mol. The lowest BCUT2D eigenvalue weighted by Gasteiger charge is -2.23. The molecule has 1 atom stereocenters. The van der Waals surface area contributed by atoms with Crippen LogP contribution in [0.15, 0.2) is 18.3 Å². The minimum Gasteiger partial charge on any atom is -0.378 e. The molecule has 0 bridgehead atoms. The van der Waals surface area contributed by atoms with Crippen molar-refractivity contribution in [2.75, 3.05) is 43.1 Å². The first-order valence-corrected chi connectivity index (χ1v) is 7.07. The summed E-state index contributed by atoms with van der Waals surface area (Å²) in [5.41, 5.74) is 0.707. The molecular formula is C14H22N4O2. The number of anilines is 2. The molecule has 1 unspecified atom stereocenters. The van der Waals surface area contributed by atoms with E-state index < -0.39 is 0 Å². The number of carbonyl (C=O) groups excluding carboxylic acids is 1. The van der Waals surface area contributed by atoms with E-state index in [1.807, 2.05) is 12.1 Å². The SMILES string of the molecule is CCN(CC)c1ccc(NC(=O)C2COCCN2)cn1. The van der Waals surface area contributed by atoms with E-state index in [0.717, 1.165) is 18.9 Å². The fourth-order valence-corrected chi connectivity index (χ4v) is 2.16. The summed E-state index contributed by atoms with van der Waals surface area (Å²) in [7, 11) is 0. The summed E-state index contributed by atoms with van der Waals surface area (Å²) in [6.45, 7) is 7.79. The van der Waals surface area contributed by atoms with Gasteiger partial charge >= 0.3 is 0 Å². The average molecular weight is 278 g/mol. The molecule has 0 aromatic carbocycles. The smallest absolute Gasteiger partial charge is 0.243 e. The predicted octanol–water partition coefficient (Wildman–Crippen LogP) is 0.855. The molecule has 1 aromatic rings. The molecule has 0 saturated carbocycles. The fourth-order valence-electron chi connectivity index (χ4n) is 2.16. The molecule has 1 aromatic heterocycles. The van der Waals surface area contributed by atoms with Crippen molar-refractivity contribution in [2.45, 2.75) is 19.9 Å². The Labute approximate surface area is 119 Å². The van der Waals surface area contributed by atoms with Crippen molar-refractivity contribution in [2.24, 2.45) is 0 Å². The summed E-state index contributed by atoms with van der Waals surface area (Å²) in [5.74, 6) is 0.842. The Morgan fingerprint density at radius 3 is 2.85 bits per heavy atom. The summed E-state index contributed by atoms with van der Waals surface area (Å²) < 4.78 is 5.27. The maximum absolute atomic E-state index is 12.0. The number of nitrogens with one attached hydrogen (secondary N) is 2. The molecule has 1 fully saturated rings. The molecule has 2 rings (SSSR count). The molecule has 1 aliphatic rings. The van der Waals surface area contributed by atoms with E-state index in [1.54, 1.807) is 6.20 Å². The maximum Gasteiger partial charge on any atom is 0.243 e. The van der Waals surface area contributed by atoms with Crippen molar-refractivity contribution >= 4 is 17.4 Å². The van der Waals surface area contributed by atoms with E-state index in [-0.39, 0.29) is 11.9 Å². The maximum atomic E-state index is 12.0. The number of carbonyl (C=O) groups is 1. The number of hydrogen-bond donors (Lipinski definition) is 2. The lowest BCUT2D eigenvalue weighted by molar-refractivity contribution is -0.120. The van der Waals surface area contributed by atoms with Crippen molar-refractivity contribution in [3.63, 3.8) is 0 Å². The number of morpholine rings is 1. The molecule has 1 saturated heterocycles. The van der Waals surface area contributed by atoms with Crippen molar-refractivity contribution < 1.29 is 9.53 Å². The Morgan fingerprint density at radius 1 is 1.50 bits per heavy atom. The van der Waals surface area contributed by atoms with Gasteiger partial charge in [0.1, 0.15) is 11.9 Å². The molecule has 2 N–H and O–H groups in total. The minimum atomic E-state index is -0.286. The van der Waals surface area contributed by atoms with Crippen LogP contribution in [0.5, 0.6) is 0 Å². The number of pyridine rings is 1. The van der Waals surface area contributed by atoms with Crippen LogP contribution in [0.2, 0.25) is 0 Å². The zero-order valence-corrected chi connectivity index (χ0v) is 12.1. The van der Waals surface area contributed by atoms with Crippen LogP contribution in [0.4, 0.5) is 11.5 Å². The number of ether oxygens (including phenoxy) is 1. The highest BCUT2D eigenvalue weighted by Gasteiger charge is 2.21. The van der Waals surface area contributed by atoms with Crippen LogP contribution in [0.3, 0.4) is 0 Å². The highest BCUT2D eigenvalue weighted by atomic mass is 16.5. The topological polar surface area (TPSA) is 66.5 Å². The second kappa shape index (κ2) is 7.21. The summed E-state index contributed by atoms with van der Waals surface area (Å²) in [6, 6.07) is 3.52. The van der Waals surface area contributed by atoms with Crippen LogP contribution in [-0.2, 0) is 9.53 Å². The van der Waals surface area contributed by atoms with E-state index in [0.29, 0.717) is 25.4 Å². The van der Waals surface area contributed by atoms with Crippen molar-refractivity contribution in [1.29, 1.82) is 0 Å². The molecule has 1 aliphatic heterocycles. The molecular weight excluding hydrogens is 256 g/mol. The molecule has 6 heteroatoms. The van der Waals surface area contributed by atoms with E-state index in [2.05, 4.69) is 34.4 Å². The minimum absolute atomic E-state index is 0.0814. The number of amides is 1. The molecule has 0 radical (unpaired) electrons. The second-order valence-corrected chi connectivity index (χ2v) is 4.65. The van der Waals surface area contributed by atoms with Gasteiger partial charge in [0.25, 0.3) is 0 Å². The third kappa shape index (κ3) is 3.68. The van der Waals surface area contributed by atoms with E-state index in [9.17, 15) is 4.79 Å². The van der Waals surface area contributed by atoms with E-state index in [4.69, 9.17) is 4.74 Å². The van der Waals surface area contributed by atoms with Gasteiger partial charge in [0.05, 0.1) is 25.1 Å². The van der Waals surface area contributed by atoms with E-state index >= 15 is 0 Å². The van der Waals surface area contributed by atoms with Crippen LogP contribution in [-0.4, -0.2) is 49.8 Å². The molecule has 6 nitrogen and oxygen atoms in total. The highest BCUT2D eigenvalue weighted by molar-refractivity contribution is 5.94. The van der Waals surface area contributed by atoms with Gasteiger partial charge in [-0.1, -0.05) is 0 Å². The largest absolute Gasteiger partial charge is 0.378 e. The Balaban J connectivity index is 1.94. The first-order chi connectivity index (χ1) is 9.74. The van der Waals surface area contributed by atoms with Gasteiger partial charge in [-0.25, -0.2) is 4.98 Å². The van der Waals surface area contributed by atoms with Crippen molar-refractivity contribution in [3.05, 3.63) is 18.3 Å². The third-order valence-electron chi connectivity index (χ3n) is 3.34. The molecule has 1 amide bonds. The Bertz CT molecular complexity index is 425. The number of aromatic nitrogens is 1. The van der Waals surface area contributed by atoms with Crippen LogP contribution in [0.25, 0.3) is 0 Å². The van der Waals surface area contributed by atoms with Gasteiger partial charge in [0.15, 0.2) is 0 Å². The first kappa shape index (κ1) is 14.7. The summed E-state index contributed by atoms with van der Waals surface area (Å²) >= 11 is 0. The molecule has 110 valence electrons.